The van der Waals surface area contributed by atoms with E-state index in [1.54, 1.807) is 29.2 Å². The van der Waals surface area contributed by atoms with Crippen molar-refractivity contribution in [1.82, 2.24) is 15.2 Å². The van der Waals surface area contributed by atoms with E-state index in [4.69, 9.17) is 22.4 Å². The Balaban J connectivity index is 0.000000509. The minimum absolute atomic E-state index is 0.0606. The van der Waals surface area contributed by atoms with Crippen LogP contribution >= 0.6 is 11.6 Å². The van der Waals surface area contributed by atoms with Gasteiger partial charge in [0, 0.05) is 49.1 Å². The molecule has 1 fully saturated rings. The van der Waals surface area contributed by atoms with E-state index >= 15 is 0 Å². The summed E-state index contributed by atoms with van der Waals surface area (Å²) in [7, 11) is 0. The number of carbonyl (C=O) groups excluding carboxylic acids is 2. The number of carboxylic acids is 1. The highest BCUT2D eigenvalue weighted by Gasteiger charge is 2.19. The number of pyridine rings is 1. The molecule has 1 aliphatic heterocycles. The molecule has 2 amide bonds. The van der Waals surface area contributed by atoms with Crippen molar-refractivity contribution in [3.05, 3.63) is 64.4 Å². The molecule has 0 bridgehead atoms. The summed E-state index contributed by atoms with van der Waals surface area (Å²) in [6.45, 7) is 4.67. The lowest BCUT2D eigenvalue weighted by Crippen LogP contribution is -2.46. The average molecular weight is 501 g/mol. The van der Waals surface area contributed by atoms with E-state index < -0.39 is 17.7 Å². The van der Waals surface area contributed by atoms with Crippen molar-refractivity contribution in [2.75, 3.05) is 26.2 Å². The van der Waals surface area contributed by atoms with Gasteiger partial charge in [0.2, 0.25) is 0 Å². The van der Waals surface area contributed by atoms with Crippen molar-refractivity contribution < 1.29 is 23.9 Å². The lowest BCUT2D eigenvalue weighted by atomic mass is 10.0. The van der Waals surface area contributed by atoms with Crippen molar-refractivity contribution in [2.45, 2.75) is 19.8 Å². The Labute approximate surface area is 206 Å². The second-order valence-corrected chi connectivity index (χ2v) is 8.37. The van der Waals surface area contributed by atoms with E-state index in [0.717, 1.165) is 19.5 Å². The summed E-state index contributed by atoms with van der Waals surface area (Å²) in [6, 6.07) is 10.9. The van der Waals surface area contributed by atoms with Crippen LogP contribution < -0.4 is 11.1 Å². The van der Waals surface area contributed by atoms with Gasteiger partial charge in [0.25, 0.3) is 11.8 Å². The van der Waals surface area contributed by atoms with Gasteiger partial charge in [-0.1, -0.05) is 24.6 Å². The first kappa shape index (κ1) is 26.1. The maximum Gasteiger partial charge on any atom is 0.303 e. The van der Waals surface area contributed by atoms with Gasteiger partial charge in [0.05, 0.1) is 21.8 Å². The zero-order valence-electron chi connectivity index (χ0n) is 19.2. The molecule has 1 aliphatic rings. The van der Waals surface area contributed by atoms with Crippen molar-refractivity contribution in [3.63, 3.8) is 0 Å². The molecule has 8 nitrogen and oxygen atoms in total. The molecule has 0 spiro atoms. The SMILES string of the molecule is CCCC(=O)O.NC(=O)c1cc(-c2cc(Cl)c3ccc(C(=O)N4CCNCC4)cc3n2)ccc1F. The molecule has 0 saturated carbocycles. The normalized spacial score (nSPS) is 13.2. The highest BCUT2D eigenvalue weighted by atomic mass is 35.5. The molecule has 10 heteroatoms. The van der Waals surface area contributed by atoms with Crippen LogP contribution in [-0.2, 0) is 4.79 Å². The number of hydrogen-bond acceptors (Lipinski definition) is 5. The Morgan fingerprint density at radius 2 is 1.86 bits per heavy atom. The Morgan fingerprint density at radius 3 is 2.46 bits per heavy atom. The van der Waals surface area contributed by atoms with E-state index in [-0.39, 0.29) is 11.5 Å². The van der Waals surface area contributed by atoms with Crippen LogP contribution in [0.25, 0.3) is 22.2 Å². The molecular weight excluding hydrogens is 475 g/mol. The number of nitrogens with zero attached hydrogens (tertiary/aromatic N) is 2. The number of nitrogens with one attached hydrogen (secondary N) is 1. The van der Waals surface area contributed by atoms with Crippen LogP contribution in [0.3, 0.4) is 0 Å². The second kappa shape index (κ2) is 11.7. The number of halogens is 2. The van der Waals surface area contributed by atoms with Gasteiger partial charge in [-0.25, -0.2) is 9.37 Å². The second-order valence-electron chi connectivity index (χ2n) is 7.97. The van der Waals surface area contributed by atoms with Crippen LogP contribution in [0.15, 0.2) is 42.5 Å². The van der Waals surface area contributed by atoms with E-state index in [1.807, 2.05) is 6.92 Å². The van der Waals surface area contributed by atoms with Crippen LogP contribution in [0.1, 0.15) is 40.5 Å². The molecule has 0 unspecified atom stereocenters. The standard InChI is InChI=1S/C21H18ClFN4O2.C4H8O2/c22-16-11-18(12-2-4-17(23)15(9-12)20(24)28)26-19-10-13(1-3-14(16)19)21(29)27-7-5-25-6-8-27;1-2-3-4(5)6/h1-4,9-11,25H,5-8H2,(H2,24,28);2-3H2,1H3,(H,5,6). The number of amides is 2. The number of rotatable bonds is 5. The van der Waals surface area contributed by atoms with Gasteiger partial charge in [0.1, 0.15) is 5.82 Å². The molecule has 0 atom stereocenters. The van der Waals surface area contributed by atoms with Crippen LogP contribution in [0.2, 0.25) is 5.02 Å². The van der Waals surface area contributed by atoms with E-state index in [9.17, 15) is 18.8 Å². The first-order valence-electron chi connectivity index (χ1n) is 11.1. The number of aliphatic carboxylic acids is 1. The van der Waals surface area contributed by atoms with Crippen LogP contribution in [0, 0.1) is 5.82 Å². The van der Waals surface area contributed by atoms with Gasteiger partial charge in [-0.15, -0.1) is 0 Å². The Bertz CT molecular complexity index is 1260. The number of aromatic nitrogens is 1. The molecule has 2 heterocycles. The molecule has 184 valence electrons. The minimum atomic E-state index is -0.861. The molecule has 0 aliphatic carbocycles. The molecule has 4 rings (SSSR count). The van der Waals surface area contributed by atoms with E-state index in [1.165, 1.54) is 18.2 Å². The van der Waals surface area contributed by atoms with Gasteiger partial charge in [-0.3, -0.25) is 14.4 Å². The topological polar surface area (TPSA) is 126 Å². The molecule has 2 aromatic carbocycles. The minimum Gasteiger partial charge on any atom is -0.481 e. The van der Waals surface area contributed by atoms with E-state index in [2.05, 4.69) is 10.3 Å². The highest BCUT2D eigenvalue weighted by Crippen LogP contribution is 2.30. The zero-order chi connectivity index (χ0) is 25.5. The third-order valence-electron chi connectivity index (χ3n) is 5.40. The van der Waals surface area contributed by atoms with Gasteiger partial charge in [-0.2, -0.15) is 0 Å². The quantitative estimate of drug-likeness (QED) is 0.490. The fourth-order valence-corrected chi connectivity index (χ4v) is 3.87. The molecule has 4 N–H and O–H groups in total. The summed E-state index contributed by atoms with van der Waals surface area (Å²) in [5.74, 6) is -2.33. The Hall–Kier alpha value is -3.56. The van der Waals surface area contributed by atoms with Crippen LogP contribution in [0.4, 0.5) is 4.39 Å². The third kappa shape index (κ3) is 6.52. The highest BCUT2D eigenvalue weighted by molar-refractivity contribution is 6.35. The summed E-state index contributed by atoms with van der Waals surface area (Å²) in [5.41, 5.74) is 7.04. The third-order valence-corrected chi connectivity index (χ3v) is 5.71. The number of hydrogen-bond donors (Lipinski definition) is 3. The summed E-state index contributed by atoms with van der Waals surface area (Å²) < 4.78 is 13.8. The fraction of sp³-hybridized carbons (Fsp3) is 0.280. The van der Waals surface area contributed by atoms with Crippen LogP contribution in [-0.4, -0.2) is 59.0 Å². The summed E-state index contributed by atoms with van der Waals surface area (Å²) in [5, 5.41) is 12.3. The van der Waals surface area contributed by atoms with Crippen molar-refractivity contribution in [3.8, 4) is 11.3 Å². The van der Waals surface area contributed by atoms with Crippen molar-refractivity contribution in [1.29, 1.82) is 0 Å². The molecule has 3 aromatic rings. The maximum absolute atomic E-state index is 13.8. The average Bonchev–Trinajstić information content (AvgIpc) is 2.84. The Kier molecular flexibility index (Phi) is 8.73. The smallest absolute Gasteiger partial charge is 0.303 e. The number of piperazine rings is 1. The first-order chi connectivity index (χ1) is 16.7. The van der Waals surface area contributed by atoms with Gasteiger partial charge >= 0.3 is 5.97 Å². The van der Waals surface area contributed by atoms with Gasteiger partial charge < -0.3 is 21.1 Å². The zero-order valence-corrected chi connectivity index (χ0v) is 19.9. The molecular formula is C25H26ClFN4O4. The number of benzene rings is 2. The largest absolute Gasteiger partial charge is 0.481 e. The predicted molar refractivity (Wildman–Crippen MR) is 132 cm³/mol. The number of carbonyl (C=O) groups is 3. The number of primary amides is 1. The van der Waals surface area contributed by atoms with Crippen LogP contribution in [0.5, 0.6) is 0 Å². The lowest BCUT2D eigenvalue weighted by molar-refractivity contribution is -0.137. The lowest BCUT2D eigenvalue weighted by Gasteiger charge is -2.27. The first-order valence-corrected chi connectivity index (χ1v) is 11.5. The Morgan fingerprint density at radius 1 is 1.14 bits per heavy atom. The number of fused-ring (bicyclic) bond motifs is 1. The molecule has 1 aromatic heterocycles. The summed E-state index contributed by atoms with van der Waals surface area (Å²) >= 11 is 6.42. The molecule has 1 saturated heterocycles. The maximum atomic E-state index is 13.8. The summed E-state index contributed by atoms with van der Waals surface area (Å²) in [6.07, 6.45) is 1.02. The summed E-state index contributed by atoms with van der Waals surface area (Å²) in [4.78, 5) is 40.2. The van der Waals surface area contributed by atoms with Gasteiger partial charge in [0.15, 0.2) is 0 Å². The molecule has 0 radical (unpaired) electrons. The number of nitrogens with two attached hydrogens (primary N) is 1. The van der Waals surface area contributed by atoms with Gasteiger partial charge in [-0.05, 0) is 42.8 Å². The van der Waals surface area contributed by atoms with Crippen molar-refractivity contribution >= 4 is 40.3 Å². The molecule has 35 heavy (non-hydrogen) atoms. The van der Waals surface area contributed by atoms with E-state index in [0.29, 0.717) is 52.3 Å². The fourth-order valence-electron chi connectivity index (χ4n) is 3.60. The monoisotopic (exact) mass is 500 g/mol. The number of carboxylic acid groups (broad SMARTS) is 1. The van der Waals surface area contributed by atoms with Crippen molar-refractivity contribution in [2.24, 2.45) is 5.73 Å². The predicted octanol–water partition coefficient (Wildman–Crippen LogP) is 3.71.